The second kappa shape index (κ2) is 8.84. The monoisotopic (exact) mass is 382 g/mol. The molecule has 2 aromatic carbocycles. The highest BCUT2D eigenvalue weighted by Gasteiger charge is 2.26. The minimum absolute atomic E-state index is 0.0509. The highest BCUT2D eigenvalue weighted by atomic mass is 16.6. The van der Waals surface area contributed by atoms with E-state index in [2.05, 4.69) is 5.32 Å². The van der Waals surface area contributed by atoms with Crippen LogP contribution in [0.4, 0.5) is 11.4 Å². The second-order valence-electron chi connectivity index (χ2n) is 7.42. The molecular formula is C21H26N4O3. The quantitative estimate of drug-likeness (QED) is 0.531. The fourth-order valence-electron chi connectivity index (χ4n) is 2.94. The number of hydrogen-bond donors (Lipinski definition) is 1. The molecule has 0 saturated heterocycles. The highest BCUT2D eigenvalue weighted by Crippen LogP contribution is 2.32. The number of rotatable bonds is 9. The van der Waals surface area contributed by atoms with Crippen molar-refractivity contribution in [2.45, 2.75) is 25.4 Å². The van der Waals surface area contributed by atoms with Crippen molar-refractivity contribution in [2.24, 2.45) is 0 Å². The van der Waals surface area contributed by atoms with Crippen molar-refractivity contribution in [3.05, 3.63) is 69.8 Å². The minimum Gasteiger partial charge on any atom is -0.377 e. The molecule has 2 aromatic rings. The van der Waals surface area contributed by atoms with E-state index in [-0.39, 0.29) is 11.6 Å². The van der Waals surface area contributed by atoms with Gasteiger partial charge in [-0.1, -0.05) is 30.3 Å². The number of anilines is 1. The zero-order valence-corrected chi connectivity index (χ0v) is 16.3. The van der Waals surface area contributed by atoms with Crippen LogP contribution in [0.3, 0.4) is 0 Å². The fourth-order valence-corrected chi connectivity index (χ4v) is 2.94. The molecule has 7 nitrogen and oxygen atoms in total. The maximum absolute atomic E-state index is 13.1. The van der Waals surface area contributed by atoms with Crippen molar-refractivity contribution < 1.29 is 9.72 Å². The van der Waals surface area contributed by atoms with Gasteiger partial charge < -0.3 is 15.1 Å². The number of amides is 1. The average molecular weight is 382 g/mol. The zero-order valence-electron chi connectivity index (χ0n) is 16.3. The third kappa shape index (κ3) is 5.29. The van der Waals surface area contributed by atoms with Gasteiger partial charge in [0.1, 0.15) is 5.69 Å². The lowest BCUT2D eigenvalue weighted by Crippen LogP contribution is -2.36. The average Bonchev–Trinajstić information content (AvgIpc) is 3.49. The van der Waals surface area contributed by atoms with Crippen molar-refractivity contribution in [1.82, 2.24) is 9.80 Å². The molecule has 1 N–H and O–H groups in total. The number of nitro groups is 1. The van der Waals surface area contributed by atoms with E-state index in [0.29, 0.717) is 36.9 Å². The molecule has 0 radical (unpaired) electrons. The molecule has 1 fully saturated rings. The highest BCUT2D eigenvalue weighted by molar-refractivity contribution is 5.95. The largest absolute Gasteiger partial charge is 0.377 e. The normalized spacial score (nSPS) is 13.4. The van der Waals surface area contributed by atoms with Gasteiger partial charge in [-0.05, 0) is 44.6 Å². The Bertz CT molecular complexity index is 835. The molecule has 148 valence electrons. The Morgan fingerprint density at radius 1 is 1.14 bits per heavy atom. The van der Waals surface area contributed by atoms with Crippen LogP contribution in [-0.2, 0) is 6.54 Å². The molecule has 1 aliphatic rings. The van der Waals surface area contributed by atoms with E-state index in [1.54, 1.807) is 17.0 Å². The second-order valence-corrected chi connectivity index (χ2v) is 7.42. The van der Waals surface area contributed by atoms with Gasteiger partial charge in [-0.25, -0.2) is 0 Å². The number of carbonyl (C=O) groups excluding carboxylic acids is 1. The van der Waals surface area contributed by atoms with Gasteiger partial charge in [0.2, 0.25) is 0 Å². The SMILES string of the molecule is CN(C)CCN(Cc1ccccc1)C(=O)c1ccc(NC2CC2)c([N+](=O)[O-])c1. The van der Waals surface area contributed by atoms with E-state index in [9.17, 15) is 14.9 Å². The van der Waals surface area contributed by atoms with Crippen LogP contribution in [0.15, 0.2) is 48.5 Å². The van der Waals surface area contributed by atoms with E-state index in [1.807, 2.05) is 49.3 Å². The molecule has 0 heterocycles. The van der Waals surface area contributed by atoms with E-state index >= 15 is 0 Å². The number of nitrogens with zero attached hydrogens (tertiary/aromatic N) is 3. The lowest BCUT2D eigenvalue weighted by molar-refractivity contribution is -0.384. The van der Waals surface area contributed by atoms with Crippen molar-refractivity contribution in [3.63, 3.8) is 0 Å². The summed E-state index contributed by atoms with van der Waals surface area (Å²) in [6.45, 7) is 1.71. The standard InChI is InChI=1S/C21H26N4O3/c1-23(2)12-13-24(15-16-6-4-3-5-7-16)21(26)17-8-11-19(22-18-9-10-18)20(14-17)25(27)28/h3-8,11,14,18,22H,9-10,12-13,15H2,1-2H3. The van der Waals surface area contributed by atoms with Crippen LogP contribution < -0.4 is 5.32 Å². The summed E-state index contributed by atoms with van der Waals surface area (Å²) < 4.78 is 0. The first-order valence-electron chi connectivity index (χ1n) is 9.47. The minimum atomic E-state index is -0.428. The molecule has 1 saturated carbocycles. The Morgan fingerprint density at radius 2 is 1.86 bits per heavy atom. The smallest absolute Gasteiger partial charge is 0.293 e. The summed E-state index contributed by atoms with van der Waals surface area (Å²) in [5.74, 6) is -0.202. The summed E-state index contributed by atoms with van der Waals surface area (Å²) in [5, 5.41) is 14.7. The molecule has 0 spiro atoms. The molecule has 28 heavy (non-hydrogen) atoms. The van der Waals surface area contributed by atoms with Gasteiger partial charge in [-0.2, -0.15) is 0 Å². The predicted octanol–water partition coefficient (Wildman–Crippen LogP) is 3.37. The molecule has 3 rings (SSSR count). The van der Waals surface area contributed by atoms with Crippen molar-refractivity contribution in [2.75, 3.05) is 32.5 Å². The Morgan fingerprint density at radius 3 is 2.46 bits per heavy atom. The van der Waals surface area contributed by atoms with Crippen molar-refractivity contribution in [3.8, 4) is 0 Å². The number of hydrogen-bond acceptors (Lipinski definition) is 5. The number of carbonyl (C=O) groups is 1. The van der Waals surface area contributed by atoms with Gasteiger partial charge in [0.15, 0.2) is 0 Å². The van der Waals surface area contributed by atoms with E-state index in [4.69, 9.17) is 0 Å². The summed E-state index contributed by atoms with van der Waals surface area (Å²) in [6, 6.07) is 14.8. The van der Waals surface area contributed by atoms with Crippen LogP contribution in [0.1, 0.15) is 28.8 Å². The molecular weight excluding hydrogens is 356 g/mol. The summed E-state index contributed by atoms with van der Waals surface area (Å²) in [5.41, 5.74) is 1.79. The van der Waals surface area contributed by atoms with Crippen molar-refractivity contribution >= 4 is 17.3 Å². The third-order valence-corrected chi connectivity index (χ3v) is 4.70. The van der Waals surface area contributed by atoms with Gasteiger partial charge >= 0.3 is 0 Å². The zero-order chi connectivity index (χ0) is 20.1. The third-order valence-electron chi connectivity index (χ3n) is 4.70. The lowest BCUT2D eigenvalue weighted by atomic mass is 10.1. The fraction of sp³-hybridized carbons (Fsp3) is 0.381. The van der Waals surface area contributed by atoms with E-state index in [0.717, 1.165) is 18.4 Å². The molecule has 7 heteroatoms. The Kier molecular flexibility index (Phi) is 6.26. The van der Waals surface area contributed by atoms with Gasteiger partial charge in [0.05, 0.1) is 4.92 Å². The summed E-state index contributed by atoms with van der Waals surface area (Å²) in [4.78, 5) is 28.0. The summed E-state index contributed by atoms with van der Waals surface area (Å²) in [6.07, 6.45) is 2.04. The molecule has 0 aliphatic heterocycles. The van der Waals surface area contributed by atoms with Crippen LogP contribution in [0.5, 0.6) is 0 Å². The van der Waals surface area contributed by atoms with Crippen LogP contribution in [0.25, 0.3) is 0 Å². The summed E-state index contributed by atoms with van der Waals surface area (Å²) in [7, 11) is 3.91. The molecule has 0 atom stereocenters. The maximum atomic E-state index is 13.1. The van der Waals surface area contributed by atoms with Crippen LogP contribution >= 0.6 is 0 Å². The first-order chi connectivity index (χ1) is 13.4. The van der Waals surface area contributed by atoms with Gasteiger partial charge in [0.25, 0.3) is 11.6 Å². The number of benzene rings is 2. The lowest BCUT2D eigenvalue weighted by Gasteiger charge is -2.25. The van der Waals surface area contributed by atoms with Crippen LogP contribution in [-0.4, -0.2) is 53.9 Å². The van der Waals surface area contributed by atoms with Gasteiger partial charge in [-0.3, -0.25) is 14.9 Å². The topological polar surface area (TPSA) is 78.7 Å². The molecule has 0 unspecified atom stereocenters. The molecule has 1 amide bonds. The Balaban J connectivity index is 1.83. The molecule has 0 bridgehead atoms. The van der Waals surface area contributed by atoms with E-state index in [1.165, 1.54) is 6.07 Å². The first kappa shape index (κ1) is 19.8. The predicted molar refractivity (Wildman–Crippen MR) is 109 cm³/mol. The molecule has 1 aliphatic carbocycles. The van der Waals surface area contributed by atoms with Crippen LogP contribution in [0.2, 0.25) is 0 Å². The Hall–Kier alpha value is -2.93. The van der Waals surface area contributed by atoms with Crippen molar-refractivity contribution in [1.29, 1.82) is 0 Å². The number of nitro benzene ring substituents is 1. The van der Waals surface area contributed by atoms with E-state index < -0.39 is 4.92 Å². The van der Waals surface area contributed by atoms with Gasteiger partial charge in [-0.15, -0.1) is 0 Å². The number of nitrogens with one attached hydrogen (secondary N) is 1. The maximum Gasteiger partial charge on any atom is 0.293 e. The first-order valence-corrected chi connectivity index (χ1v) is 9.47. The Labute approximate surface area is 165 Å². The van der Waals surface area contributed by atoms with Crippen LogP contribution in [0, 0.1) is 10.1 Å². The summed E-state index contributed by atoms with van der Waals surface area (Å²) >= 11 is 0. The molecule has 0 aromatic heterocycles. The van der Waals surface area contributed by atoms with Gasteiger partial charge in [0, 0.05) is 37.3 Å². The number of likely N-dealkylation sites (N-methyl/N-ethyl adjacent to an activating group) is 1.